The smallest absolute Gasteiger partial charge is 0.110 e. The van der Waals surface area contributed by atoms with Gasteiger partial charge in [0.1, 0.15) is 6.23 Å². The molecule has 0 saturated carbocycles. The van der Waals surface area contributed by atoms with E-state index in [1.807, 2.05) is 13.3 Å². The second kappa shape index (κ2) is 3.18. The summed E-state index contributed by atoms with van der Waals surface area (Å²) in [6.45, 7) is 4.01. The molecule has 0 aromatic rings. The highest BCUT2D eigenvalue weighted by atomic mass is 16.3. The molecule has 1 radical (unpaired) electrons. The number of aliphatic hydroxyl groups excluding tert-OH is 1. The lowest BCUT2D eigenvalue weighted by atomic mass is 10.4. The van der Waals surface area contributed by atoms with Crippen molar-refractivity contribution < 1.29 is 5.11 Å². The molecule has 0 spiro atoms. The molecule has 0 aliphatic carbocycles. The SMILES string of the molecule is C[CH]C(O)N1CCCC1. The highest BCUT2D eigenvalue weighted by molar-refractivity contribution is 4.75. The molecular weight excluding hydrogens is 114 g/mol. The Labute approximate surface area is 56.5 Å². The normalized spacial score (nSPS) is 24.7. The van der Waals surface area contributed by atoms with Crippen LogP contribution in [0.2, 0.25) is 0 Å². The Bertz CT molecular complexity index is 79.0. The van der Waals surface area contributed by atoms with Gasteiger partial charge in [-0.15, -0.1) is 0 Å². The maximum atomic E-state index is 9.23. The summed E-state index contributed by atoms with van der Waals surface area (Å²) >= 11 is 0. The first-order valence-electron chi connectivity index (χ1n) is 3.56. The first kappa shape index (κ1) is 7.03. The summed E-state index contributed by atoms with van der Waals surface area (Å²) in [5, 5.41) is 9.23. The Hall–Kier alpha value is -0.0800. The summed E-state index contributed by atoms with van der Waals surface area (Å²) in [6, 6.07) is 0. The molecule has 1 rings (SSSR count). The summed E-state index contributed by atoms with van der Waals surface area (Å²) < 4.78 is 0. The van der Waals surface area contributed by atoms with Crippen molar-refractivity contribution in [2.24, 2.45) is 0 Å². The molecule has 1 fully saturated rings. The second-order valence-corrected chi connectivity index (χ2v) is 2.49. The molecule has 2 nitrogen and oxygen atoms in total. The maximum absolute atomic E-state index is 9.23. The van der Waals surface area contributed by atoms with Crippen molar-refractivity contribution in [3.8, 4) is 0 Å². The fourth-order valence-electron chi connectivity index (χ4n) is 1.22. The Morgan fingerprint density at radius 3 is 2.44 bits per heavy atom. The standard InChI is InChI=1S/C7H14NO/c1-2-7(9)8-5-3-4-6-8/h2,7,9H,3-6H2,1H3. The third kappa shape index (κ3) is 1.66. The van der Waals surface area contributed by atoms with E-state index in [4.69, 9.17) is 0 Å². The summed E-state index contributed by atoms with van der Waals surface area (Å²) in [5.41, 5.74) is 0. The van der Waals surface area contributed by atoms with E-state index in [-0.39, 0.29) is 6.23 Å². The van der Waals surface area contributed by atoms with Gasteiger partial charge in [0, 0.05) is 19.5 Å². The van der Waals surface area contributed by atoms with E-state index in [0.717, 1.165) is 13.1 Å². The lowest BCUT2D eigenvalue weighted by Gasteiger charge is -2.19. The van der Waals surface area contributed by atoms with Crippen molar-refractivity contribution in [2.75, 3.05) is 13.1 Å². The van der Waals surface area contributed by atoms with Crippen LogP contribution in [-0.2, 0) is 0 Å². The third-order valence-electron chi connectivity index (χ3n) is 1.81. The number of hydrogen-bond acceptors (Lipinski definition) is 2. The van der Waals surface area contributed by atoms with Crippen LogP contribution >= 0.6 is 0 Å². The van der Waals surface area contributed by atoms with Crippen LogP contribution in [0.3, 0.4) is 0 Å². The third-order valence-corrected chi connectivity index (χ3v) is 1.81. The number of nitrogens with zero attached hydrogens (tertiary/aromatic N) is 1. The number of aliphatic hydroxyl groups is 1. The Kier molecular flexibility index (Phi) is 2.49. The number of likely N-dealkylation sites (tertiary alicyclic amines) is 1. The van der Waals surface area contributed by atoms with Gasteiger partial charge >= 0.3 is 0 Å². The molecule has 1 atom stereocenters. The van der Waals surface area contributed by atoms with Crippen LogP contribution in [0.4, 0.5) is 0 Å². The zero-order valence-electron chi connectivity index (χ0n) is 5.88. The highest BCUT2D eigenvalue weighted by Crippen LogP contribution is 2.10. The molecule has 1 unspecified atom stereocenters. The van der Waals surface area contributed by atoms with Crippen molar-refractivity contribution in [1.82, 2.24) is 4.90 Å². The lowest BCUT2D eigenvalue weighted by molar-refractivity contribution is 0.0482. The quantitative estimate of drug-likeness (QED) is 0.589. The van der Waals surface area contributed by atoms with Gasteiger partial charge in [-0.3, -0.25) is 4.90 Å². The zero-order chi connectivity index (χ0) is 6.69. The largest absolute Gasteiger partial charge is 0.378 e. The van der Waals surface area contributed by atoms with Crippen LogP contribution in [0, 0.1) is 6.42 Å². The maximum Gasteiger partial charge on any atom is 0.110 e. The van der Waals surface area contributed by atoms with Gasteiger partial charge in [0.15, 0.2) is 0 Å². The van der Waals surface area contributed by atoms with Crippen molar-refractivity contribution in [1.29, 1.82) is 0 Å². The fraction of sp³-hybridized carbons (Fsp3) is 0.857. The van der Waals surface area contributed by atoms with Crippen LogP contribution in [0.25, 0.3) is 0 Å². The summed E-state index contributed by atoms with van der Waals surface area (Å²) in [4.78, 5) is 2.08. The molecule has 1 heterocycles. The van der Waals surface area contributed by atoms with E-state index in [2.05, 4.69) is 4.90 Å². The Morgan fingerprint density at radius 1 is 1.44 bits per heavy atom. The van der Waals surface area contributed by atoms with Crippen molar-refractivity contribution in [2.45, 2.75) is 26.0 Å². The van der Waals surface area contributed by atoms with Gasteiger partial charge in [0.2, 0.25) is 0 Å². The molecule has 2 heteroatoms. The van der Waals surface area contributed by atoms with Crippen molar-refractivity contribution >= 4 is 0 Å². The van der Waals surface area contributed by atoms with Crippen LogP contribution in [0.1, 0.15) is 19.8 Å². The molecule has 1 aliphatic heterocycles. The van der Waals surface area contributed by atoms with Gasteiger partial charge in [-0.05, 0) is 12.8 Å². The molecule has 53 valence electrons. The molecule has 0 aromatic heterocycles. The minimum atomic E-state index is -0.299. The summed E-state index contributed by atoms with van der Waals surface area (Å²) in [5.74, 6) is 0. The molecule has 0 amide bonds. The van der Waals surface area contributed by atoms with Crippen LogP contribution < -0.4 is 0 Å². The average Bonchev–Trinajstić information content (AvgIpc) is 2.37. The van der Waals surface area contributed by atoms with Gasteiger partial charge in [0.05, 0.1) is 0 Å². The van der Waals surface area contributed by atoms with Gasteiger partial charge in [-0.2, -0.15) is 0 Å². The predicted molar refractivity (Wildman–Crippen MR) is 36.8 cm³/mol. The van der Waals surface area contributed by atoms with Gasteiger partial charge in [-0.25, -0.2) is 0 Å². The van der Waals surface area contributed by atoms with E-state index < -0.39 is 0 Å². The first-order chi connectivity index (χ1) is 4.34. The predicted octanol–water partition coefficient (Wildman–Crippen LogP) is 0.625. The fourth-order valence-corrected chi connectivity index (χ4v) is 1.22. The van der Waals surface area contributed by atoms with Crippen molar-refractivity contribution in [3.63, 3.8) is 0 Å². The number of rotatable bonds is 2. The van der Waals surface area contributed by atoms with Crippen LogP contribution in [0.5, 0.6) is 0 Å². The van der Waals surface area contributed by atoms with E-state index in [0.29, 0.717) is 0 Å². The molecule has 9 heavy (non-hydrogen) atoms. The van der Waals surface area contributed by atoms with Crippen LogP contribution in [-0.4, -0.2) is 29.3 Å². The molecule has 1 N–H and O–H groups in total. The Balaban J connectivity index is 2.24. The minimum absolute atomic E-state index is 0.299. The second-order valence-electron chi connectivity index (χ2n) is 2.49. The summed E-state index contributed by atoms with van der Waals surface area (Å²) in [7, 11) is 0. The van der Waals surface area contributed by atoms with Gasteiger partial charge in [-0.1, -0.05) is 6.92 Å². The minimum Gasteiger partial charge on any atom is -0.378 e. The highest BCUT2D eigenvalue weighted by Gasteiger charge is 2.17. The van der Waals surface area contributed by atoms with E-state index in [1.165, 1.54) is 12.8 Å². The topological polar surface area (TPSA) is 23.5 Å². The molecule has 1 saturated heterocycles. The van der Waals surface area contributed by atoms with E-state index in [9.17, 15) is 5.11 Å². The zero-order valence-corrected chi connectivity index (χ0v) is 5.88. The lowest BCUT2D eigenvalue weighted by Crippen LogP contribution is -2.31. The molecule has 1 aliphatic rings. The monoisotopic (exact) mass is 128 g/mol. The molecular formula is C7H14NO. The summed E-state index contributed by atoms with van der Waals surface area (Å²) in [6.07, 6.45) is 4.01. The number of hydrogen-bond donors (Lipinski definition) is 1. The average molecular weight is 128 g/mol. The van der Waals surface area contributed by atoms with Crippen LogP contribution in [0.15, 0.2) is 0 Å². The first-order valence-corrected chi connectivity index (χ1v) is 3.56. The molecule has 0 aromatic carbocycles. The van der Waals surface area contributed by atoms with Gasteiger partial charge < -0.3 is 5.11 Å². The molecule has 0 bridgehead atoms. The Morgan fingerprint density at radius 2 is 2.00 bits per heavy atom. The van der Waals surface area contributed by atoms with E-state index >= 15 is 0 Å². The van der Waals surface area contributed by atoms with Crippen molar-refractivity contribution in [3.05, 3.63) is 6.42 Å². The van der Waals surface area contributed by atoms with Gasteiger partial charge in [0.25, 0.3) is 0 Å². The van der Waals surface area contributed by atoms with E-state index in [1.54, 1.807) is 0 Å².